The first-order valence-electron chi connectivity index (χ1n) is 19.0. The van der Waals surface area contributed by atoms with E-state index in [1.807, 2.05) is 0 Å². The molecular formula is C40H73NO3. The first-order chi connectivity index (χ1) is 21.8. The Hall–Kier alpha value is -1.20. The van der Waals surface area contributed by atoms with Gasteiger partial charge in [0.05, 0.1) is 18.8 Å². The van der Waals surface area contributed by atoms with Gasteiger partial charge >= 0.3 is 0 Å². The maximum absolute atomic E-state index is 6.37. The Morgan fingerprint density at radius 1 is 0.455 bits per heavy atom. The highest BCUT2D eigenvalue weighted by Gasteiger charge is 2.34. The Morgan fingerprint density at radius 2 is 0.841 bits per heavy atom. The van der Waals surface area contributed by atoms with Gasteiger partial charge in [-0.1, -0.05) is 140 Å². The molecule has 0 saturated carbocycles. The number of unbranched alkanes of at least 4 members (excludes halogenated alkanes) is 16. The fraction of sp³-hybridized carbons (Fsp3) is 0.800. The number of allylic oxidation sites excluding steroid dienone is 8. The molecule has 1 saturated heterocycles. The summed E-state index contributed by atoms with van der Waals surface area (Å²) in [5.41, 5.74) is 0. The van der Waals surface area contributed by atoms with Gasteiger partial charge in [0.2, 0.25) is 0 Å². The summed E-state index contributed by atoms with van der Waals surface area (Å²) in [6, 6.07) is 0. The first-order valence-corrected chi connectivity index (χ1v) is 19.0. The lowest BCUT2D eigenvalue weighted by molar-refractivity contribution is -0.0758. The molecule has 1 rings (SSSR count). The third-order valence-electron chi connectivity index (χ3n) is 8.65. The van der Waals surface area contributed by atoms with Crippen molar-refractivity contribution in [2.45, 2.75) is 199 Å². The zero-order chi connectivity index (χ0) is 31.6. The second-order valence-electron chi connectivity index (χ2n) is 12.8. The van der Waals surface area contributed by atoms with Crippen molar-refractivity contribution in [2.24, 2.45) is 5.90 Å². The molecule has 2 atom stereocenters. The van der Waals surface area contributed by atoms with E-state index in [4.69, 9.17) is 20.2 Å². The molecule has 4 heteroatoms. The second-order valence-corrected chi connectivity index (χ2v) is 12.8. The van der Waals surface area contributed by atoms with Gasteiger partial charge in [-0.05, 0) is 83.5 Å². The third-order valence-corrected chi connectivity index (χ3v) is 8.65. The van der Waals surface area contributed by atoms with Crippen molar-refractivity contribution in [1.29, 1.82) is 0 Å². The maximum Gasteiger partial charge on any atom is 0.158 e. The largest absolute Gasteiger partial charge is 0.347 e. The second kappa shape index (κ2) is 33.2. The molecule has 0 aromatic carbocycles. The number of ether oxygens (including phenoxy) is 2. The third kappa shape index (κ3) is 26.1. The first kappa shape index (κ1) is 40.8. The van der Waals surface area contributed by atoms with Crippen LogP contribution in [0.1, 0.15) is 181 Å². The van der Waals surface area contributed by atoms with Gasteiger partial charge < -0.3 is 14.3 Å². The van der Waals surface area contributed by atoms with Crippen LogP contribution in [-0.4, -0.2) is 25.1 Å². The van der Waals surface area contributed by atoms with Crippen LogP contribution in [0.3, 0.4) is 0 Å². The Kier molecular flexibility index (Phi) is 30.8. The molecule has 0 spiro atoms. The highest BCUT2D eigenvalue weighted by molar-refractivity contribution is 4.93. The van der Waals surface area contributed by atoms with Gasteiger partial charge in [-0.15, -0.1) is 0 Å². The Morgan fingerprint density at radius 3 is 1.25 bits per heavy atom. The van der Waals surface area contributed by atoms with E-state index in [9.17, 15) is 0 Å². The summed E-state index contributed by atoms with van der Waals surface area (Å²) >= 11 is 0. The van der Waals surface area contributed by atoms with Gasteiger partial charge in [0.1, 0.15) is 0 Å². The van der Waals surface area contributed by atoms with Crippen molar-refractivity contribution in [3.63, 3.8) is 0 Å². The molecule has 44 heavy (non-hydrogen) atoms. The zero-order valence-electron chi connectivity index (χ0n) is 29.2. The van der Waals surface area contributed by atoms with Gasteiger partial charge in [0, 0.05) is 6.42 Å². The van der Waals surface area contributed by atoms with Gasteiger partial charge in [-0.25, -0.2) is 5.90 Å². The average Bonchev–Trinajstić information content (AvgIpc) is 3.42. The van der Waals surface area contributed by atoms with E-state index in [2.05, 4.69) is 62.5 Å². The number of hydrogen-bond acceptors (Lipinski definition) is 4. The van der Waals surface area contributed by atoms with Crippen molar-refractivity contribution >= 4 is 0 Å². The van der Waals surface area contributed by atoms with Crippen LogP contribution in [0, 0.1) is 0 Å². The Bertz CT molecular complexity index is 647. The van der Waals surface area contributed by atoms with Crippen LogP contribution < -0.4 is 5.90 Å². The SMILES string of the molecule is CCCCC/C=C\C/C=C\CCCCCCCC1OC(CCCON)OC1CCCCCCC/C=C\C/C=C\CCCCC. The van der Waals surface area contributed by atoms with Crippen LogP contribution >= 0.6 is 0 Å². The molecule has 2 N–H and O–H groups in total. The molecule has 256 valence electrons. The lowest BCUT2D eigenvalue weighted by Crippen LogP contribution is -2.22. The van der Waals surface area contributed by atoms with Crippen LogP contribution in [0.2, 0.25) is 0 Å². The van der Waals surface area contributed by atoms with Crippen LogP contribution in [0.5, 0.6) is 0 Å². The minimum absolute atomic E-state index is 0.0869. The molecule has 2 unspecified atom stereocenters. The van der Waals surface area contributed by atoms with E-state index in [0.29, 0.717) is 6.61 Å². The fourth-order valence-electron chi connectivity index (χ4n) is 5.89. The monoisotopic (exact) mass is 616 g/mol. The summed E-state index contributed by atoms with van der Waals surface area (Å²) in [7, 11) is 0. The normalized spacial score (nSPS) is 19.2. The van der Waals surface area contributed by atoms with E-state index >= 15 is 0 Å². The highest BCUT2D eigenvalue weighted by atomic mass is 16.7. The van der Waals surface area contributed by atoms with E-state index in [-0.39, 0.29) is 18.5 Å². The molecular weight excluding hydrogens is 542 g/mol. The summed E-state index contributed by atoms with van der Waals surface area (Å²) in [6.45, 7) is 5.09. The van der Waals surface area contributed by atoms with Crippen LogP contribution in [0.4, 0.5) is 0 Å². The Labute approximate surface area is 274 Å². The summed E-state index contributed by atoms with van der Waals surface area (Å²) in [5.74, 6) is 5.21. The summed E-state index contributed by atoms with van der Waals surface area (Å²) in [5, 5.41) is 0. The smallest absolute Gasteiger partial charge is 0.158 e. The van der Waals surface area contributed by atoms with E-state index < -0.39 is 0 Å². The van der Waals surface area contributed by atoms with Crippen molar-refractivity contribution in [3.05, 3.63) is 48.6 Å². The summed E-state index contributed by atoms with van der Waals surface area (Å²) < 4.78 is 12.7. The molecule has 0 aliphatic carbocycles. The molecule has 1 fully saturated rings. The van der Waals surface area contributed by atoms with Gasteiger partial charge in [0.25, 0.3) is 0 Å². The predicted octanol–water partition coefficient (Wildman–Crippen LogP) is 12.4. The molecule has 1 aliphatic heterocycles. The maximum atomic E-state index is 6.37. The fourth-order valence-corrected chi connectivity index (χ4v) is 5.89. The molecule has 0 radical (unpaired) electrons. The van der Waals surface area contributed by atoms with E-state index in [0.717, 1.165) is 38.5 Å². The standard InChI is InChI=1S/C40H73NO3/c1-3-5-7-9-11-13-15-17-19-21-23-25-27-29-31-34-38-39(44-40(43-38)36-33-37-42-41)35-32-30-28-26-24-22-20-18-16-14-12-10-8-6-4-2/h11-14,17-20,38-40H,3-10,15-16,21-37,41H2,1-2H3/b13-11-,14-12-,19-17-,20-18-. The molecule has 4 nitrogen and oxygen atoms in total. The van der Waals surface area contributed by atoms with Crippen LogP contribution in [0.15, 0.2) is 48.6 Å². The van der Waals surface area contributed by atoms with Gasteiger partial charge in [0.15, 0.2) is 6.29 Å². The van der Waals surface area contributed by atoms with Gasteiger partial charge in [-0.2, -0.15) is 0 Å². The average molecular weight is 616 g/mol. The van der Waals surface area contributed by atoms with E-state index in [1.54, 1.807) is 0 Å². The Balaban J connectivity index is 2.12. The highest BCUT2D eigenvalue weighted by Crippen LogP contribution is 2.30. The van der Waals surface area contributed by atoms with Gasteiger partial charge in [-0.3, -0.25) is 0 Å². The van der Waals surface area contributed by atoms with E-state index in [1.165, 1.54) is 128 Å². The lowest BCUT2D eigenvalue weighted by atomic mass is 9.99. The predicted molar refractivity (Wildman–Crippen MR) is 192 cm³/mol. The van der Waals surface area contributed by atoms with Crippen molar-refractivity contribution in [1.82, 2.24) is 0 Å². The molecule has 0 aromatic rings. The minimum atomic E-state index is -0.0869. The quantitative estimate of drug-likeness (QED) is 0.0464. The molecule has 0 aromatic heterocycles. The molecule has 0 amide bonds. The number of rotatable bonds is 32. The van der Waals surface area contributed by atoms with Crippen molar-refractivity contribution in [2.75, 3.05) is 6.61 Å². The zero-order valence-corrected chi connectivity index (χ0v) is 29.2. The topological polar surface area (TPSA) is 53.7 Å². The van der Waals surface area contributed by atoms with Crippen LogP contribution in [0.25, 0.3) is 0 Å². The van der Waals surface area contributed by atoms with Crippen molar-refractivity contribution in [3.8, 4) is 0 Å². The molecule has 1 aliphatic rings. The number of nitrogens with two attached hydrogens (primary N) is 1. The summed E-state index contributed by atoms with van der Waals surface area (Å²) in [6.07, 6.45) is 51.2. The lowest BCUT2D eigenvalue weighted by Gasteiger charge is -2.16. The molecule has 0 bridgehead atoms. The minimum Gasteiger partial charge on any atom is -0.347 e. The molecule has 1 heterocycles. The number of hydrogen-bond donors (Lipinski definition) is 1. The van der Waals surface area contributed by atoms with Crippen molar-refractivity contribution < 1.29 is 14.3 Å². The summed E-state index contributed by atoms with van der Waals surface area (Å²) in [4.78, 5) is 4.75. The van der Waals surface area contributed by atoms with Crippen LogP contribution in [-0.2, 0) is 14.3 Å².